The van der Waals surface area contributed by atoms with Crippen molar-refractivity contribution in [1.29, 1.82) is 0 Å². The zero-order valence-electron chi connectivity index (χ0n) is 18.6. The molecule has 4 rings (SSSR count). The normalized spacial score (nSPS) is 10.8. The van der Waals surface area contributed by atoms with Gasteiger partial charge >= 0.3 is 0 Å². The summed E-state index contributed by atoms with van der Waals surface area (Å²) in [5, 5.41) is 4.33. The zero-order chi connectivity index (χ0) is 23.0. The van der Waals surface area contributed by atoms with Gasteiger partial charge in [0.1, 0.15) is 5.75 Å². The number of para-hydroxylation sites is 1. The minimum atomic E-state index is 0.368. The van der Waals surface area contributed by atoms with E-state index in [1.165, 1.54) is 0 Å². The summed E-state index contributed by atoms with van der Waals surface area (Å²) in [6.45, 7) is 0. The summed E-state index contributed by atoms with van der Waals surface area (Å²) in [5.41, 5.74) is 7.12. The molecule has 0 aliphatic carbocycles. The molecule has 0 radical (unpaired) electrons. The predicted octanol–water partition coefficient (Wildman–Crippen LogP) is 5.28. The number of hydrazone groups is 1. The van der Waals surface area contributed by atoms with Crippen molar-refractivity contribution in [1.82, 2.24) is 9.97 Å². The van der Waals surface area contributed by atoms with Crippen LogP contribution in [-0.4, -0.2) is 37.5 Å². The third-order valence-corrected chi connectivity index (χ3v) is 4.98. The van der Waals surface area contributed by atoms with E-state index < -0.39 is 0 Å². The lowest BCUT2D eigenvalue weighted by molar-refractivity contribution is 0.355. The molecule has 33 heavy (non-hydrogen) atoms. The standard InChI is InChI=1S/C26H24N4O3/c1-31-23-12-8-7-11-20(23)17-27-30-26-28-21(18-9-5-4-6-10-18)16-22(29-26)19-13-14-24(32-2)25(15-19)33-3/h4-17H,1-3H3,(H,28,29,30). The summed E-state index contributed by atoms with van der Waals surface area (Å²) in [7, 11) is 4.84. The number of nitrogens with zero attached hydrogens (tertiary/aromatic N) is 3. The first-order valence-corrected chi connectivity index (χ1v) is 10.3. The summed E-state index contributed by atoms with van der Waals surface area (Å²) in [5.74, 6) is 2.37. The van der Waals surface area contributed by atoms with Crippen molar-refractivity contribution in [3.63, 3.8) is 0 Å². The Labute approximate surface area is 192 Å². The van der Waals surface area contributed by atoms with E-state index in [-0.39, 0.29) is 0 Å². The maximum atomic E-state index is 5.46. The van der Waals surface area contributed by atoms with Crippen LogP contribution in [0.3, 0.4) is 0 Å². The van der Waals surface area contributed by atoms with Gasteiger partial charge in [0.2, 0.25) is 5.95 Å². The monoisotopic (exact) mass is 440 g/mol. The van der Waals surface area contributed by atoms with Gasteiger partial charge in [0.15, 0.2) is 11.5 Å². The lowest BCUT2D eigenvalue weighted by atomic mass is 10.1. The Morgan fingerprint density at radius 2 is 1.33 bits per heavy atom. The van der Waals surface area contributed by atoms with E-state index >= 15 is 0 Å². The third kappa shape index (κ3) is 5.10. The fourth-order valence-corrected chi connectivity index (χ4v) is 3.33. The first kappa shape index (κ1) is 21.8. The van der Waals surface area contributed by atoms with Crippen molar-refractivity contribution in [3.8, 4) is 39.8 Å². The van der Waals surface area contributed by atoms with Crippen LogP contribution >= 0.6 is 0 Å². The van der Waals surface area contributed by atoms with Crippen LogP contribution in [0.2, 0.25) is 0 Å². The van der Waals surface area contributed by atoms with E-state index in [1.807, 2.05) is 78.9 Å². The molecule has 0 aliphatic rings. The average Bonchev–Trinajstić information content (AvgIpc) is 2.89. The maximum absolute atomic E-state index is 5.46. The van der Waals surface area contributed by atoms with Crippen LogP contribution in [0.25, 0.3) is 22.5 Å². The number of methoxy groups -OCH3 is 3. The fraction of sp³-hybridized carbons (Fsp3) is 0.115. The smallest absolute Gasteiger partial charge is 0.244 e. The molecule has 0 amide bonds. The van der Waals surface area contributed by atoms with Crippen LogP contribution in [0.1, 0.15) is 5.56 Å². The number of nitrogens with one attached hydrogen (secondary N) is 1. The van der Waals surface area contributed by atoms with Crippen LogP contribution in [0.5, 0.6) is 17.2 Å². The van der Waals surface area contributed by atoms with Gasteiger partial charge in [-0.2, -0.15) is 5.10 Å². The number of anilines is 1. The second-order valence-electron chi connectivity index (χ2n) is 7.01. The van der Waals surface area contributed by atoms with Crippen molar-refractivity contribution in [3.05, 3.63) is 84.4 Å². The molecule has 0 spiro atoms. The van der Waals surface area contributed by atoms with E-state index in [1.54, 1.807) is 27.5 Å². The van der Waals surface area contributed by atoms with Gasteiger partial charge in [-0.1, -0.05) is 42.5 Å². The first-order valence-electron chi connectivity index (χ1n) is 10.3. The van der Waals surface area contributed by atoms with Gasteiger partial charge in [-0.3, -0.25) is 0 Å². The number of hydrogen-bond acceptors (Lipinski definition) is 7. The second-order valence-corrected chi connectivity index (χ2v) is 7.01. The highest BCUT2D eigenvalue weighted by Crippen LogP contribution is 2.33. The molecule has 166 valence electrons. The molecule has 0 aliphatic heterocycles. The molecule has 1 N–H and O–H groups in total. The SMILES string of the molecule is COc1ccccc1C=NNc1nc(-c2ccccc2)cc(-c2ccc(OC)c(OC)c2)n1. The maximum Gasteiger partial charge on any atom is 0.244 e. The Hall–Kier alpha value is -4.39. The number of benzene rings is 3. The molecule has 0 saturated heterocycles. The summed E-state index contributed by atoms with van der Waals surface area (Å²) in [4.78, 5) is 9.33. The molecule has 0 saturated carbocycles. The molecule has 0 atom stereocenters. The summed E-state index contributed by atoms with van der Waals surface area (Å²) in [6, 6.07) is 25.2. The topological polar surface area (TPSA) is 77.9 Å². The van der Waals surface area contributed by atoms with Gasteiger partial charge in [0, 0.05) is 16.7 Å². The lowest BCUT2D eigenvalue weighted by Crippen LogP contribution is -2.01. The molecule has 0 unspecified atom stereocenters. The number of rotatable bonds is 8. The van der Waals surface area contributed by atoms with Crippen molar-refractivity contribution in [2.24, 2.45) is 5.10 Å². The molecule has 7 nitrogen and oxygen atoms in total. The highest BCUT2D eigenvalue weighted by Gasteiger charge is 2.11. The van der Waals surface area contributed by atoms with Crippen molar-refractivity contribution < 1.29 is 14.2 Å². The summed E-state index contributed by atoms with van der Waals surface area (Å²) < 4.78 is 16.2. The third-order valence-electron chi connectivity index (χ3n) is 4.98. The van der Waals surface area contributed by atoms with Crippen molar-refractivity contribution in [2.45, 2.75) is 0 Å². The molecule has 3 aromatic carbocycles. The number of hydrogen-bond donors (Lipinski definition) is 1. The van der Waals surface area contributed by atoms with Crippen molar-refractivity contribution in [2.75, 3.05) is 26.8 Å². The average molecular weight is 441 g/mol. The van der Waals surface area contributed by atoms with E-state index in [0.29, 0.717) is 17.4 Å². The van der Waals surface area contributed by atoms with Crippen LogP contribution in [-0.2, 0) is 0 Å². The molecule has 1 heterocycles. The largest absolute Gasteiger partial charge is 0.496 e. The zero-order valence-corrected chi connectivity index (χ0v) is 18.6. The minimum absolute atomic E-state index is 0.368. The van der Waals surface area contributed by atoms with E-state index in [9.17, 15) is 0 Å². The Morgan fingerprint density at radius 1 is 0.667 bits per heavy atom. The Kier molecular flexibility index (Phi) is 6.80. The van der Waals surface area contributed by atoms with Crippen LogP contribution in [0, 0.1) is 0 Å². The molecule has 7 heteroatoms. The number of ether oxygens (including phenoxy) is 3. The molecule has 4 aromatic rings. The van der Waals surface area contributed by atoms with Crippen LogP contribution in [0.4, 0.5) is 5.95 Å². The summed E-state index contributed by atoms with van der Waals surface area (Å²) >= 11 is 0. The second kappa shape index (κ2) is 10.3. The molecule has 0 fully saturated rings. The Balaban J connectivity index is 1.72. The Morgan fingerprint density at radius 3 is 2.06 bits per heavy atom. The fourth-order valence-electron chi connectivity index (χ4n) is 3.33. The highest BCUT2D eigenvalue weighted by atomic mass is 16.5. The van der Waals surface area contributed by atoms with Gasteiger partial charge in [-0.15, -0.1) is 0 Å². The molecular formula is C26H24N4O3. The minimum Gasteiger partial charge on any atom is -0.496 e. The number of aromatic nitrogens is 2. The van der Waals surface area contributed by atoms with Crippen molar-refractivity contribution >= 4 is 12.2 Å². The van der Waals surface area contributed by atoms with Gasteiger partial charge in [0.05, 0.1) is 38.9 Å². The van der Waals surface area contributed by atoms with E-state index in [4.69, 9.17) is 14.2 Å². The van der Waals surface area contributed by atoms with Gasteiger partial charge in [0.25, 0.3) is 0 Å². The molecule has 0 bridgehead atoms. The Bertz CT molecular complexity index is 1260. The van der Waals surface area contributed by atoms with Gasteiger partial charge in [-0.05, 0) is 36.4 Å². The van der Waals surface area contributed by atoms with E-state index in [2.05, 4.69) is 20.5 Å². The van der Waals surface area contributed by atoms with E-state index in [0.717, 1.165) is 33.8 Å². The van der Waals surface area contributed by atoms with Crippen LogP contribution < -0.4 is 19.6 Å². The highest BCUT2D eigenvalue weighted by molar-refractivity contribution is 5.84. The van der Waals surface area contributed by atoms with Gasteiger partial charge in [-0.25, -0.2) is 15.4 Å². The predicted molar refractivity (Wildman–Crippen MR) is 130 cm³/mol. The molecule has 1 aromatic heterocycles. The van der Waals surface area contributed by atoms with Gasteiger partial charge < -0.3 is 14.2 Å². The lowest BCUT2D eigenvalue weighted by Gasteiger charge is -2.11. The molecular weight excluding hydrogens is 416 g/mol. The van der Waals surface area contributed by atoms with Crippen LogP contribution in [0.15, 0.2) is 84.0 Å². The quantitative estimate of drug-likeness (QED) is 0.297. The first-order chi connectivity index (χ1) is 16.2. The summed E-state index contributed by atoms with van der Waals surface area (Å²) in [6.07, 6.45) is 1.67.